The van der Waals surface area contributed by atoms with Crippen LogP contribution in [0.4, 0.5) is 4.39 Å². The van der Waals surface area contributed by atoms with Crippen molar-refractivity contribution >= 4 is 0 Å². The van der Waals surface area contributed by atoms with Crippen molar-refractivity contribution in [3.63, 3.8) is 0 Å². The summed E-state index contributed by atoms with van der Waals surface area (Å²) in [6.45, 7) is 0.219. The molecule has 0 bridgehead atoms. The highest BCUT2D eigenvalue weighted by Gasteiger charge is 2.13. The van der Waals surface area contributed by atoms with Crippen molar-refractivity contribution in [3.8, 4) is 5.75 Å². The molecular weight excluding hydrogens is 295 g/mol. The van der Waals surface area contributed by atoms with Gasteiger partial charge in [0.2, 0.25) is 0 Å². The average molecular weight is 312 g/mol. The lowest BCUT2D eigenvalue weighted by Crippen LogP contribution is -2.15. The summed E-state index contributed by atoms with van der Waals surface area (Å²) in [7, 11) is 0. The summed E-state index contributed by atoms with van der Waals surface area (Å²) >= 11 is 0. The highest BCUT2D eigenvalue weighted by atomic mass is 19.1. The van der Waals surface area contributed by atoms with Crippen molar-refractivity contribution in [1.82, 2.24) is 15.2 Å². The van der Waals surface area contributed by atoms with Gasteiger partial charge in [-0.25, -0.2) is 9.37 Å². The van der Waals surface area contributed by atoms with Gasteiger partial charge in [-0.15, -0.1) is 0 Å². The third-order valence-electron chi connectivity index (χ3n) is 3.37. The van der Waals surface area contributed by atoms with Crippen LogP contribution in [0.2, 0.25) is 0 Å². The van der Waals surface area contributed by atoms with E-state index in [1.54, 1.807) is 12.1 Å². The van der Waals surface area contributed by atoms with Gasteiger partial charge in [0.1, 0.15) is 18.2 Å². The van der Waals surface area contributed by atoms with Crippen LogP contribution in [-0.2, 0) is 13.0 Å². The molecule has 1 aromatic heterocycles. The number of halogens is 1. The van der Waals surface area contributed by atoms with Gasteiger partial charge in [0, 0.05) is 0 Å². The Bertz CT molecular complexity index is 743. The van der Waals surface area contributed by atoms with Gasteiger partial charge >= 0.3 is 0 Å². The molecule has 0 saturated carbocycles. The summed E-state index contributed by atoms with van der Waals surface area (Å²) in [5.74, 6) is 1.39. The molecule has 23 heavy (non-hydrogen) atoms. The van der Waals surface area contributed by atoms with Crippen molar-refractivity contribution in [2.24, 2.45) is 5.73 Å². The normalized spacial score (nSPS) is 12.1. The quantitative estimate of drug-likeness (QED) is 0.734. The van der Waals surface area contributed by atoms with Gasteiger partial charge in [0.15, 0.2) is 11.6 Å². The number of nitrogens with two attached hydrogens (primary N) is 1. The summed E-state index contributed by atoms with van der Waals surface area (Å²) in [4.78, 5) is 4.35. The van der Waals surface area contributed by atoms with Crippen molar-refractivity contribution in [2.75, 3.05) is 0 Å². The smallest absolute Gasteiger partial charge is 0.167 e. The molecule has 6 heteroatoms. The number of ether oxygens (including phenoxy) is 1. The summed E-state index contributed by atoms with van der Waals surface area (Å²) < 4.78 is 18.3. The number of hydrogen-bond donors (Lipinski definition) is 2. The number of H-pyrrole nitrogens is 1. The minimum atomic E-state index is -0.300. The van der Waals surface area contributed by atoms with Crippen LogP contribution < -0.4 is 10.5 Å². The summed E-state index contributed by atoms with van der Waals surface area (Å²) in [5, 5.41) is 6.95. The predicted octanol–water partition coefficient (Wildman–Crippen LogP) is 2.77. The highest BCUT2D eigenvalue weighted by Crippen LogP contribution is 2.14. The molecule has 1 unspecified atom stereocenters. The van der Waals surface area contributed by atoms with Gasteiger partial charge < -0.3 is 10.5 Å². The van der Waals surface area contributed by atoms with E-state index in [1.807, 2.05) is 30.3 Å². The fourth-order valence-corrected chi connectivity index (χ4v) is 2.18. The Balaban J connectivity index is 1.58. The van der Waals surface area contributed by atoms with Crippen LogP contribution in [0.1, 0.15) is 23.3 Å². The first kappa shape index (κ1) is 15.2. The second kappa shape index (κ2) is 7.02. The molecule has 0 radical (unpaired) electrons. The second-order valence-corrected chi connectivity index (χ2v) is 5.18. The molecule has 2 aromatic carbocycles. The van der Waals surface area contributed by atoms with Crippen LogP contribution >= 0.6 is 0 Å². The van der Waals surface area contributed by atoms with Gasteiger partial charge in [-0.05, 0) is 36.2 Å². The van der Waals surface area contributed by atoms with Crippen LogP contribution in [0.5, 0.6) is 5.75 Å². The first-order valence-electron chi connectivity index (χ1n) is 7.30. The van der Waals surface area contributed by atoms with E-state index in [1.165, 1.54) is 12.1 Å². The molecule has 1 heterocycles. The molecule has 0 aliphatic heterocycles. The topological polar surface area (TPSA) is 76.8 Å². The van der Waals surface area contributed by atoms with Gasteiger partial charge in [-0.3, -0.25) is 5.10 Å². The average Bonchev–Trinajstić information content (AvgIpc) is 3.04. The zero-order valence-corrected chi connectivity index (χ0v) is 12.4. The third kappa shape index (κ3) is 4.14. The molecule has 0 saturated heterocycles. The van der Waals surface area contributed by atoms with E-state index in [9.17, 15) is 4.39 Å². The predicted molar refractivity (Wildman–Crippen MR) is 84.2 cm³/mol. The lowest BCUT2D eigenvalue weighted by atomic mass is 10.1. The van der Waals surface area contributed by atoms with Crippen molar-refractivity contribution in [3.05, 3.63) is 77.6 Å². The standard InChI is InChI=1S/C17H17FN4O/c18-13-6-8-14(9-7-13)23-11-16-20-17(22-21-16)15(19)10-12-4-2-1-3-5-12/h1-9,15H,10-11,19H2,(H,20,21,22). The molecule has 0 aliphatic carbocycles. The molecular formula is C17H17FN4O. The molecule has 1 atom stereocenters. The maximum Gasteiger partial charge on any atom is 0.167 e. The highest BCUT2D eigenvalue weighted by molar-refractivity contribution is 5.22. The Hall–Kier alpha value is -2.73. The summed E-state index contributed by atoms with van der Waals surface area (Å²) in [6.07, 6.45) is 0.664. The third-order valence-corrected chi connectivity index (χ3v) is 3.37. The fraction of sp³-hybridized carbons (Fsp3) is 0.176. The summed E-state index contributed by atoms with van der Waals surface area (Å²) in [6, 6.07) is 15.5. The van der Waals surface area contributed by atoms with Crippen LogP contribution in [0.3, 0.4) is 0 Å². The van der Waals surface area contributed by atoms with Crippen LogP contribution in [0.15, 0.2) is 54.6 Å². The van der Waals surface area contributed by atoms with Crippen LogP contribution in [-0.4, -0.2) is 15.2 Å². The molecule has 3 rings (SSSR count). The maximum absolute atomic E-state index is 12.8. The van der Waals surface area contributed by atoms with E-state index in [2.05, 4.69) is 15.2 Å². The molecule has 0 spiro atoms. The Kier molecular flexibility index (Phi) is 4.63. The minimum absolute atomic E-state index is 0.219. The van der Waals surface area contributed by atoms with Gasteiger partial charge in [0.05, 0.1) is 6.04 Å². The summed E-state index contributed by atoms with van der Waals surface area (Å²) in [5.41, 5.74) is 7.27. The lowest BCUT2D eigenvalue weighted by Gasteiger charge is -2.07. The fourth-order valence-electron chi connectivity index (χ4n) is 2.18. The van der Waals surface area contributed by atoms with Crippen molar-refractivity contribution in [2.45, 2.75) is 19.1 Å². The van der Waals surface area contributed by atoms with Gasteiger partial charge in [-0.2, -0.15) is 5.10 Å². The number of nitrogens with one attached hydrogen (secondary N) is 1. The zero-order chi connectivity index (χ0) is 16.1. The number of benzene rings is 2. The first-order chi connectivity index (χ1) is 11.2. The van der Waals surface area contributed by atoms with E-state index >= 15 is 0 Å². The monoisotopic (exact) mass is 312 g/mol. The number of hydrogen-bond acceptors (Lipinski definition) is 4. The van der Waals surface area contributed by atoms with Crippen molar-refractivity contribution in [1.29, 1.82) is 0 Å². The van der Waals surface area contributed by atoms with Gasteiger partial charge in [0.25, 0.3) is 0 Å². The Morgan fingerprint density at radius 3 is 2.57 bits per heavy atom. The minimum Gasteiger partial charge on any atom is -0.486 e. The maximum atomic E-state index is 12.8. The SMILES string of the molecule is NC(Cc1ccccc1)c1n[nH]c(COc2ccc(F)cc2)n1. The van der Waals surface area contributed by atoms with Gasteiger partial charge in [-0.1, -0.05) is 30.3 Å². The van der Waals surface area contributed by atoms with Crippen molar-refractivity contribution < 1.29 is 9.13 Å². The second-order valence-electron chi connectivity index (χ2n) is 5.18. The Labute approximate surface area is 133 Å². The molecule has 0 aliphatic rings. The van der Waals surface area contributed by atoms with E-state index < -0.39 is 0 Å². The molecule has 0 fully saturated rings. The molecule has 0 amide bonds. The molecule has 118 valence electrons. The Morgan fingerprint density at radius 1 is 1.09 bits per heavy atom. The van der Waals surface area contributed by atoms with Crippen LogP contribution in [0, 0.1) is 5.82 Å². The molecule has 3 N–H and O–H groups in total. The number of rotatable bonds is 6. The molecule has 5 nitrogen and oxygen atoms in total. The van der Waals surface area contributed by atoms with E-state index in [4.69, 9.17) is 10.5 Å². The Morgan fingerprint density at radius 2 is 1.83 bits per heavy atom. The van der Waals surface area contributed by atoms with E-state index in [0.717, 1.165) is 5.56 Å². The number of aromatic nitrogens is 3. The number of nitrogens with zero attached hydrogens (tertiary/aromatic N) is 2. The number of aromatic amines is 1. The zero-order valence-electron chi connectivity index (χ0n) is 12.4. The largest absolute Gasteiger partial charge is 0.486 e. The lowest BCUT2D eigenvalue weighted by molar-refractivity contribution is 0.296. The van der Waals surface area contributed by atoms with E-state index in [0.29, 0.717) is 23.8 Å². The van der Waals surface area contributed by atoms with Crippen LogP contribution in [0.25, 0.3) is 0 Å². The van der Waals surface area contributed by atoms with E-state index in [-0.39, 0.29) is 18.5 Å². The molecule has 3 aromatic rings. The first-order valence-corrected chi connectivity index (χ1v) is 7.30.